The van der Waals surface area contributed by atoms with Crippen LogP contribution in [0.5, 0.6) is 0 Å². The summed E-state index contributed by atoms with van der Waals surface area (Å²) >= 11 is 0. The van der Waals surface area contributed by atoms with Crippen molar-refractivity contribution >= 4 is 22.6 Å². The molecule has 0 bridgehead atoms. The van der Waals surface area contributed by atoms with Crippen LogP contribution in [0, 0.1) is 6.92 Å². The summed E-state index contributed by atoms with van der Waals surface area (Å²) in [6.07, 6.45) is 10.0. The fraction of sp³-hybridized carbons (Fsp3) is 0.321. The van der Waals surface area contributed by atoms with Gasteiger partial charge in [0, 0.05) is 29.5 Å². The number of hydrogen-bond acceptors (Lipinski definition) is 6. The van der Waals surface area contributed by atoms with Gasteiger partial charge in [-0.3, -0.25) is 9.78 Å². The van der Waals surface area contributed by atoms with E-state index in [0.29, 0.717) is 36.6 Å². The van der Waals surface area contributed by atoms with Gasteiger partial charge in [0.1, 0.15) is 11.6 Å². The van der Waals surface area contributed by atoms with Crippen LogP contribution < -0.4 is 5.73 Å². The van der Waals surface area contributed by atoms with E-state index in [1.165, 1.54) is 18.4 Å². The van der Waals surface area contributed by atoms with Crippen molar-refractivity contribution in [3.8, 4) is 0 Å². The molecular formula is C28H28N6O. The number of carbonyl (C=O) groups excluding carboxylic acids is 1. The SMILES string of the molecule is Cc1cc2cc(C(=O)N(Cc3ccc(C4CC4)cn3)Cc3ncccn3)c(C3CC3)cc2nc1N. The first-order chi connectivity index (χ1) is 17.0. The summed E-state index contributed by atoms with van der Waals surface area (Å²) in [6, 6.07) is 12.0. The Balaban J connectivity index is 1.38. The number of nitrogens with two attached hydrogens (primary N) is 1. The van der Waals surface area contributed by atoms with Crippen LogP contribution in [0.4, 0.5) is 5.82 Å². The number of pyridine rings is 2. The smallest absolute Gasteiger partial charge is 0.254 e. The maximum atomic E-state index is 14.1. The molecule has 7 heteroatoms. The summed E-state index contributed by atoms with van der Waals surface area (Å²) in [4.78, 5) is 33.9. The van der Waals surface area contributed by atoms with Crippen LogP contribution in [-0.2, 0) is 13.1 Å². The van der Waals surface area contributed by atoms with Gasteiger partial charge in [-0.05, 0) is 91.5 Å². The van der Waals surface area contributed by atoms with E-state index >= 15 is 0 Å². The molecule has 2 aliphatic rings. The molecule has 0 atom stereocenters. The van der Waals surface area contributed by atoms with Crippen LogP contribution in [0.25, 0.3) is 10.9 Å². The number of fused-ring (bicyclic) bond motifs is 1. The van der Waals surface area contributed by atoms with Gasteiger partial charge >= 0.3 is 0 Å². The highest BCUT2D eigenvalue weighted by atomic mass is 16.2. The van der Waals surface area contributed by atoms with Gasteiger partial charge in [-0.15, -0.1) is 0 Å². The number of nitrogens with zero attached hydrogens (tertiary/aromatic N) is 5. The zero-order valence-electron chi connectivity index (χ0n) is 19.8. The van der Waals surface area contributed by atoms with Crippen LogP contribution in [0.3, 0.4) is 0 Å². The van der Waals surface area contributed by atoms with Gasteiger partial charge in [0.15, 0.2) is 0 Å². The van der Waals surface area contributed by atoms with E-state index in [0.717, 1.165) is 46.1 Å². The van der Waals surface area contributed by atoms with Gasteiger partial charge in [0.2, 0.25) is 0 Å². The molecule has 176 valence electrons. The zero-order valence-corrected chi connectivity index (χ0v) is 19.8. The molecule has 3 heterocycles. The molecule has 0 radical (unpaired) electrons. The van der Waals surface area contributed by atoms with Crippen molar-refractivity contribution < 1.29 is 4.79 Å². The van der Waals surface area contributed by atoms with Crippen molar-refractivity contribution in [3.05, 3.63) is 88.8 Å². The first-order valence-electron chi connectivity index (χ1n) is 12.3. The lowest BCUT2D eigenvalue weighted by molar-refractivity contribution is 0.0722. The average Bonchev–Trinajstić information content (AvgIpc) is 3.77. The third-order valence-electron chi connectivity index (χ3n) is 6.95. The number of carbonyl (C=O) groups is 1. The summed E-state index contributed by atoms with van der Waals surface area (Å²) in [6.45, 7) is 2.64. The Kier molecular flexibility index (Phi) is 5.40. The highest BCUT2D eigenvalue weighted by Gasteiger charge is 2.31. The summed E-state index contributed by atoms with van der Waals surface area (Å²) in [5.74, 6) is 2.13. The summed E-state index contributed by atoms with van der Waals surface area (Å²) < 4.78 is 0. The maximum Gasteiger partial charge on any atom is 0.254 e. The summed E-state index contributed by atoms with van der Waals surface area (Å²) in [7, 11) is 0. The number of amides is 1. The Bertz CT molecular complexity index is 1390. The first-order valence-corrected chi connectivity index (χ1v) is 12.3. The molecule has 2 saturated carbocycles. The van der Waals surface area contributed by atoms with E-state index in [1.54, 1.807) is 23.4 Å². The molecule has 0 saturated heterocycles. The number of rotatable bonds is 7. The second-order valence-electron chi connectivity index (χ2n) is 9.78. The monoisotopic (exact) mass is 464 g/mol. The van der Waals surface area contributed by atoms with Gasteiger partial charge in [-0.25, -0.2) is 15.0 Å². The lowest BCUT2D eigenvalue weighted by Gasteiger charge is -2.23. The molecule has 0 aliphatic heterocycles. The average molecular weight is 465 g/mol. The number of hydrogen-bond donors (Lipinski definition) is 1. The van der Waals surface area contributed by atoms with E-state index in [-0.39, 0.29) is 5.91 Å². The van der Waals surface area contributed by atoms with Crippen molar-refractivity contribution in [3.63, 3.8) is 0 Å². The van der Waals surface area contributed by atoms with Crippen molar-refractivity contribution in [2.75, 3.05) is 5.73 Å². The van der Waals surface area contributed by atoms with Crippen LogP contribution in [0.2, 0.25) is 0 Å². The van der Waals surface area contributed by atoms with Crippen LogP contribution in [0.1, 0.15) is 76.1 Å². The molecule has 4 aromatic rings. The minimum absolute atomic E-state index is 0.0381. The largest absolute Gasteiger partial charge is 0.383 e. The molecule has 7 nitrogen and oxygen atoms in total. The summed E-state index contributed by atoms with van der Waals surface area (Å²) in [5, 5.41) is 0.923. The molecule has 2 aliphatic carbocycles. The van der Waals surface area contributed by atoms with E-state index < -0.39 is 0 Å². The third-order valence-corrected chi connectivity index (χ3v) is 6.95. The fourth-order valence-corrected chi connectivity index (χ4v) is 4.61. The van der Waals surface area contributed by atoms with Crippen LogP contribution in [-0.4, -0.2) is 30.7 Å². The second kappa shape index (κ2) is 8.73. The van der Waals surface area contributed by atoms with Crippen molar-refractivity contribution in [1.29, 1.82) is 0 Å². The zero-order chi connectivity index (χ0) is 23.9. The van der Waals surface area contributed by atoms with Crippen LogP contribution in [0.15, 0.2) is 55.0 Å². The quantitative estimate of drug-likeness (QED) is 0.417. The molecule has 1 aromatic carbocycles. The summed E-state index contributed by atoms with van der Waals surface area (Å²) in [5.41, 5.74) is 11.7. The minimum atomic E-state index is -0.0381. The first kappa shape index (κ1) is 21.6. The number of nitrogen functional groups attached to an aromatic ring is 1. The molecule has 2 N–H and O–H groups in total. The molecule has 0 spiro atoms. The van der Waals surface area contributed by atoms with E-state index in [2.05, 4.69) is 32.1 Å². The van der Waals surface area contributed by atoms with Crippen molar-refractivity contribution in [2.24, 2.45) is 0 Å². The normalized spacial score (nSPS) is 15.3. The Morgan fingerprint density at radius 2 is 1.77 bits per heavy atom. The van der Waals surface area contributed by atoms with Gasteiger partial charge in [0.25, 0.3) is 5.91 Å². The predicted octanol–water partition coefficient (Wildman–Crippen LogP) is 4.91. The van der Waals surface area contributed by atoms with Gasteiger partial charge in [-0.2, -0.15) is 0 Å². The van der Waals surface area contributed by atoms with E-state index in [9.17, 15) is 4.79 Å². The highest BCUT2D eigenvalue weighted by Crippen LogP contribution is 2.43. The van der Waals surface area contributed by atoms with Crippen molar-refractivity contribution in [1.82, 2.24) is 24.8 Å². The second-order valence-corrected chi connectivity index (χ2v) is 9.78. The van der Waals surface area contributed by atoms with Gasteiger partial charge in [-0.1, -0.05) is 6.07 Å². The Morgan fingerprint density at radius 3 is 2.46 bits per heavy atom. The lowest BCUT2D eigenvalue weighted by Crippen LogP contribution is -2.32. The topological polar surface area (TPSA) is 97.9 Å². The molecule has 35 heavy (non-hydrogen) atoms. The standard InChI is InChI=1S/C28H28N6O/c1-17-11-21-12-24(23(19-5-6-19)13-25(21)33-27(17)29)28(35)34(16-26-30-9-2-10-31-26)15-22-8-7-20(14-32-22)18-3-4-18/h2,7-14,18-19H,3-6,15-16H2,1H3,(H2,29,33). The third kappa shape index (κ3) is 4.58. The number of aryl methyl sites for hydroxylation is 1. The molecular weight excluding hydrogens is 436 g/mol. The molecule has 3 aromatic heterocycles. The Labute approximate surface area is 204 Å². The number of benzene rings is 1. The number of anilines is 1. The minimum Gasteiger partial charge on any atom is -0.383 e. The Hall–Kier alpha value is -3.87. The van der Waals surface area contributed by atoms with Gasteiger partial charge in [0.05, 0.1) is 24.3 Å². The van der Waals surface area contributed by atoms with E-state index in [4.69, 9.17) is 5.73 Å². The van der Waals surface area contributed by atoms with E-state index in [1.807, 2.05) is 31.3 Å². The number of aromatic nitrogens is 4. The van der Waals surface area contributed by atoms with Crippen molar-refractivity contribution in [2.45, 2.75) is 57.5 Å². The highest BCUT2D eigenvalue weighted by molar-refractivity contribution is 6.00. The fourth-order valence-electron chi connectivity index (χ4n) is 4.61. The Morgan fingerprint density at radius 1 is 1.00 bits per heavy atom. The lowest BCUT2D eigenvalue weighted by atomic mass is 9.98. The van der Waals surface area contributed by atoms with Crippen LogP contribution >= 0.6 is 0 Å². The molecule has 2 fully saturated rings. The molecule has 0 unspecified atom stereocenters. The molecule has 6 rings (SSSR count). The van der Waals surface area contributed by atoms with Gasteiger partial charge < -0.3 is 10.6 Å². The molecule has 1 amide bonds. The maximum absolute atomic E-state index is 14.1. The predicted molar refractivity (Wildman–Crippen MR) is 135 cm³/mol.